The largest absolute Gasteiger partial charge is 0.469 e. The molecule has 0 bridgehead atoms. The van der Waals surface area contributed by atoms with Crippen LogP contribution in [0.5, 0.6) is 0 Å². The summed E-state index contributed by atoms with van der Waals surface area (Å²) in [4.78, 5) is 31.7. The van der Waals surface area contributed by atoms with Crippen LogP contribution < -0.4 is 0 Å². The van der Waals surface area contributed by atoms with E-state index in [1.165, 1.54) is 12.7 Å². The maximum atomic E-state index is 12.5. The van der Waals surface area contributed by atoms with E-state index in [0.29, 0.717) is 5.56 Å². The molecule has 0 radical (unpaired) electrons. The molecule has 3 rings (SSSR count). The Morgan fingerprint density at radius 2 is 1.88 bits per heavy atom. The third kappa shape index (κ3) is 3.60. The maximum absolute atomic E-state index is 12.5. The van der Waals surface area contributed by atoms with Crippen LogP contribution in [0.1, 0.15) is 29.3 Å². The van der Waals surface area contributed by atoms with E-state index in [-0.39, 0.29) is 18.2 Å². The lowest BCUT2D eigenvalue weighted by Crippen LogP contribution is -2.16. The van der Waals surface area contributed by atoms with Crippen molar-refractivity contribution in [2.75, 3.05) is 7.11 Å². The minimum atomic E-state index is -0.426. The molecule has 25 heavy (non-hydrogen) atoms. The zero-order chi connectivity index (χ0) is 18.0. The van der Waals surface area contributed by atoms with Crippen molar-refractivity contribution in [2.24, 2.45) is 5.92 Å². The van der Waals surface area contributed by atoms with Crippen LogP contribution in [-0.2, 0) is 9.53 Å². The molecule has 5 nitrogen and oxygen atoms in total. The lowest BCUT2D eigenvalue weighted by Gasteiger charge is -2.08. The summed E-state index contributed by atoms with van der Waals surface area (Å²) < 4.78 is 4.63. The molecule has 0 spiro atoms. The number of H-pyrrole nitrogens is 1. The minimum absolute atomic E-state index is 0.0744. The second kappa shape index (κ2) is 6.89. The van der Waals surface area contributed by atoms with Crippen LogP contribution in [0.4, 0.5) is 0 Å². The van der Waals surface area contributed by atoms with E-state index >= 15 is 0 Å². The Balaban J connectivity index is 1.88. The van der Waals surface area contributed by atoms with Crippen molar-refractivity contribution in [1.82, 2.24) is 9.97 Å². The third-order valence-electron chi connectivity index (χ3n) is 4.24. The number of methoxy groups -OCH3 is 1. The minimum Gasteiger partial charge on any atom is -0.469 e. The Kier molecular flexibility index (Phi) is 4.65. The van der Waals surface area contributed by atoms with E-state index in [1.54, 1.807) is 19.1 Å². The number of ether oxygens (including phenoxy) is 1. The molecule has 1 N–H and O–H groups in total. The fraction of sp³-hybridized carbons (Fsp3) is 0.250. The van der Waals surface area contributed by atoms with Gasteiger partial charge in [0.05, 0.1) is 24.6 Å². The Bertz CT molecular complexity index is 926. The number of nitrogens with one attached hydrogen (secondary N) is 1. The number of Topliss-reactive ketones (excluding diaryl/α,β-unsaturated/α-hetero) is 1. The average Bonchev–Trinajstić information content (AvgIpc) is 3.04. The van der Waals surface area contributed by atoms with Gasteiger partial charge in [-0.3, -0.25) is 9.59 Å². The van der Waals surface area contributed by atoms with Crippen molar-refractivity contribution in [2.45, 2.75) is 20.3 Å². The number of hydrogen-bond donors (Lipinski definition) is 1. The summed E-state index contributed by atoms with van der Waals surface area (Å²) in [5.74, 6) is -0.129. The monoisotopic (exact) mass is 336 g/mol. The SMILES string of the molecule is COC(=O)CC(C)C(=O)c1ccc2nc(-c3ccc(C)cc3)[nH]c2c1. The topological polar surface area (TPSA) is 72.1 Å². The second-order valence-corrected chi connectivity index (χ2v) is 6.23. The van der Waals surface area contributed by atoms with E-state index in [0.717, 1.165) is 22.4 Å². The van der Waals surface area contributed by atoms with Crippen molar-refractivity contribution < 1.29 is 14.3 Å². The molecule has 0 aliphatic heterocycles. The molecule has 2 aromatic carbocycles. The number of aryl methyl sites for hydroxylation is 1. The number of hydrogen-bond acceptors (Lipinski definition) is 4. The molecule has 0 aliphatic rings. The van der Waals surface area contributed by atoms with E-state index in [9.17, 15) is 9.59 Å². The zero-order valence-electron chi connectivity index (χ0n) is 14.5. The summed E-state index contributed by atoms with van der Waals surface area (Å²) in [6.45, 7) is 3.77. The predicted molar refractivity (Wildman–Crippen MR) is 96.4 cm³/mol. The fourth-order valence-corrected chi connectivity index (χ4v) is 2.72. The van der Waals surface area contributed by atoms with Gasteiger partial charge in [-0.05, 0) is 25.1 Å². The molecule has 1 aromatic heterocycles. The highest BCUT2D eigenvalue weighted by Gasteiger charge is 2.19. The molecule has 1 heterocycles. The summed E-state index contributed by atoms with van der Waals surface area (Å²) in [6, 6.07) is 13.4. The van der Waals surface area contributed by atoms with Crippen molar-refractivity contribution in [3.63, 3.8) is 0 Å². The highest BCUT2D eigenvalue weighted by atomic mass is 16.5. The van der Waals surface area contributed by atoms with Crippen molar-refractivity contribution >= 4 is 22.8 Å². The first-order chi connectivity index (χ1) is 12.0. The summed E-state index contributed by atoms with van der Waals surface area (Å²) >= 11 is 0. The molecular weight excluding hydrogens is 316 g/mol. The van der Waals surface area contributed by atoms with Gasteiger partial charge in [-0.25, -0.2) is 4.98 Å². The molecule has 0 saturated carbocycles. The standard InChI is InChI=1S/C20H20N2O3/c1-12-4-6-14(7-5-12)20-21-16-9-8-15(11-17(16)22-20)19(24)13(2)10-18(23)25-3/h4-9,11,13H,10H2,1-3H3,(H,21,22). The highest BCUT2D eigenvalue weighted by molar-refractivity contribution is 6.01. The van der Waals surface area contributed by atoms with Gasteiger partial charge in [0.2, 0.25) is 0 Å². The number of aromatic amines is 1. The van der Waals surface area contributed by atoms with Crippen molar-refractivity contribution in [3.8, 4) is 11.4 Å². The average molecular weight is 336 g/mol. The number of nitrogens with zero attached hydrogens (tertiary/aromatic N) is 1. The molecule has 0 saturated heterocycles. The number of fused-ring (bicyclic) bond motifs is 1. The Hall–Kier alpha value is -2.95. The van der Waals surface area contributed by atoms with Gasteiger partial charge in [-0.15, -0.1) is 0 Å². The predicted octanol–water partition coefficient (Wildman–Crippen LogP) is 3.92. The van der Waals surface area contributed by atoms with E-state index in [4.69, 9.17) is 0 Å². The summed E-state index contributed by atoms with van der Waals surface area (Å²) in [5.41, 5.74) is 4.34. The first-order valence-electron chi connectivity index (χ1n) is 8.16. The summed E-state index contributed by atoms with van der Waals surface area (Å²) in [5, 5.41) is 0. The number of imidazole rings is 1. The fourth-order valence-electron chi connectivity index (χ4n) is 2.72. The van der Waals surface area contributed by atoms with Gasteiger partial charge in [0.25, 0.3) is 0 Å². The number of rotatable bonds is 5. The number of esters is 1. The maximum Gasteiger partial charge on any atom is 0.306 e. The normalized spacial score (nSPS) is 12.1. The van der Waals surface area contributed by atoms with Crippen LogP contribution in [0.3, 0.4) is 0 Å². The molecule has 1 atom stereocenters. The van der Waals surface area contributed by atoms with Gasteiger partial charge in [0.15, 0.2) is 5.78 Å². The molecule has 0 amide bonds. The van der Waals surface area contributed by atoms with E-state index in [1.807, 2.05) is 37.3 Å². The molecule has 0 fully saturated rings. The Labute approximate surface area is 146 Å². The quantitative estimate of drug-likeness (QED) is 0.566. The third-order valence-corrected chi connectivity index (χ3v) is 4.24. The van der Waals surface area contributed by atoms with E-state index < -0.39 is 5.92 Å². The summed E-state index contributed by atoms with van der Waals surface area (Å²) in [6.07, 6.45) is 0.0744. The van der Waals surface area contributed by atoms with Gasteiger partial charge < -0.3 is 9.72 Å². The second-order valence-electron chi connectivity index (χ2n) is 6.23. The first kappa shape index (κ1) is 16.9. The van der Waals surface area contributed by atoms with Crippen LogP contribution in [-0.4, -0.2) is 28.8 Å². The van der Waals surface area contributed by atoms with Gasteiger partial charge in [-0.1, -0.05) is 36.8 Å². The molecule has 0 aliphatic carbocycles. The van der Waals surface area contributed by atoms with Crippen LogP contribution in [0, 0.1) is 12.8 Å². The van der Waals surface area contributed by atoms with Gasteiger partial charge in [-0.2, -0.15) is 0 Å². The number of benzene rings is 2. The Morgan fingerprint density at radius 3 is 2.56 bits per heavy atom. The van der Waals surface area contributed by atoms with Crippen molar-refractivity contribution in [1.29, 1.82) is 0 Å². The molecular formula is C20H20N2O3. The molecule has 128 valence electrons. The number of aromatic nitrogens is 2. The zero-order valence-corrected chi connectivity index (χ0v) is 14.5. The van der Waals surface area contributed by atoms with Gasteiger partial charge in [0.1, 0.15) is 5.82 Å². The lowest BCUT2D eigenvalue weighted by molar-refractivity contribution is -0.141. The number of carbonyl (C=O) groups is 2. The number of ketones is 1. The van der Waals surface area contributed by atoms with Crippen LogP contribution in [0.15, 0.2) is 42.5 Å². The first-order valence-corrected chi connectivity index (χ1v) is 8.16. The smallest absolute Gasteiger partial charge is 0.306 e. The molecule has 3 aromatic rings. The van der Waals surface area contributed by atoms with Crippen LogP contribution >= 0.6 is 0 Å². The van der Waals surface area contributed by atoms with Gasteiger partial charge >= 0.3 is 5.97 Å². The molecule has 5 heteroatoms. The van der Waals surface area contributed by atoms with Crippen molar-refractivity contribution in [3.05, 3.63) is 53.6 Å². The van der Waals surface area contributed by atoms with E-state index in [2.05, 4.69) is 14.7 Å². The summed E-state index contributed by atoms with van der Waals surface area (Å²) in [7, 11) is 1.32. The Morgan fingerprint density at radius 1 is 1.16 bits per heavy atom. The lowest BCUT2D eigenvalue weighted by atomic mass is 9.96. The molecule has 1 unspecified atom stereocenters. The van der Waals surface area contributed by atoms with Gasteiger partial charge in [0, 0.05) is 17.0 Å². The number of carbonyl (C=O) groups excluding carboxylic acids is 2. The van der Waals surface area contributed by atoms with Crippen LogP contribution in [0.25, 0.3) is 22.4 Å². The van der Waals surface area contributed by atoms with Crippen LogP contribution in [0.2, 0.25) is 0 Å². The highest BCUT2D eigenvalue weighted by Crippen LogP contribution is 2.23.